The molecule has 2 nitrogen and oxygen atoms in total. The van der Waals surface area contributed by atoms with Gasteiger partial charge < -0.3 is 5.32 Å². The van der Waals surface area contributed by atoms with Crippen molar-refractivity contribution in [2.24, 2.45) is 0 Å². The van der Waals surface area contributed by atoms with Crippen molar-refractivity contribution in [2.45, 2.75) is 52.0 Å². The number of aromatic nitrogens is 1. The highest BCUT2D eigenvalue weighted by Gasteiger charge is 2.17. The molecule has 1 aromatic heterocycles. The minimum absolute atomic E-state index is 0.400. The Balaban J connectivity index is 1.79. The Morgan fingerprint density at radius 1 is 1.29 bits per heavy atom. The molecule has 0 aliphatic heterocycles. The van der Waals surface area contributed by atoms with Crippen LogP contribution in [0.15, 0.2) is 23.7 Å². The molecule has 1 aliphatic carbocycles. The SMILES string of the molecule is CCCNC(Cc1ccc2c(c1)CCC2)c1scnc1C. The third-order valence-corrected chi connectivity index (χ3v) is 5.39. The van der Waals surface area contributed by atoms with Crippen LogP contribution in [-0.2, 0) is 19.3 Å². The molecule has 0 bridgehead atoms. The van der Waals surface area contributed by atoms with Crippen LogP contribution in [-0.4, -0.2) is 11.5 Å². The summed E-state index contributed by atoms with van der Waals surface area (Å²) < 4.78 is 0. The van der Waals surface area contributed by atoms with E-state index in [0.29, 0.717) is 6.04 Å². The van der Waals surface area contributed by atoms with E-state index in [1.54, 1.807) is 22.5 Å². The average molecular weight is 300 g/mol. The number of hydrogen-bond acceptors (Lipinski definition) is 3. The molecule has 1 heterocycles. The predicted octanol–water partition coefficient (Wildman–Crippen LogP) is 4.22. The lowest BCUT2D eigenvalue weighted by Crippen LogP contribution is -2.24. The van der Waals surface area contributed by atoms with Gasteiger partial charge in [0.25, 0.3) is 0 Å². The fourth-order valence-electron chi connectivity index (χ4n) is 3.21. The van der Waals surface area contributed by atoms with Gasteiger partial charge in [0.1, 0.15) is 0 Å². The van der Waals surface area contributed by atoms with E-state index in [2.05, 4.69) is 42.3 Å². The van der Waals surface area contributed by atoms with E-state index in [0.717, 1.165) is 13.0 Å². The molecule has 0 spiro atoms. The lowest BCUT2D eigenvalue weighted by atomic mass is 9.99. The zero-order chi connectivity index (χ0) is 14.7. The maximum absolute atomic E-state index is 4.42. The molecule has 21 heavy (non-hydrogen) atoms. The standard InChI is InChI=1S/C18H24N2S/c1-3-9-19-17(18-13(2)20-12-21-18)11-14-7-8-15-5-4-6-16(15)10-14/h7-8,10,12,17,19H,3-6,9,11H2,1-2H3. The van der Waals surface area contributed by atoms with Crippen LogP contribution in [0.2, 0.25) is 0 Å². The molecule has 0 amide bonds. The minimum atomic E-state index is 0.400. The summed E-state index contributed by atoms with van der Waals surface area (Å²) in [5.74, 6) is 0. The molecular weight excluding hydrogens is 276 g/mol. The maximum atomic E-state index is 4.42. The molecule has 2 aromatic rings. The van der Waals surface area contributed by atoms with Gasteiger partial charge in [-0.05, 0) is 62.3 Å². The monoisotopic (exact) mass is 300 g/mol. The maximum Gasteiger partial charge on any atom is 0.0798 e. The van der Waals surface area contributed by atoms with Gasteiger partial charge in [-0.2, -0.15) is 0 Å². The van der Waals surface area contributed by atoms with Gasteiger partial charge in [0.05, 0.1) is 11.2 Å². The minimum Gasteiger partial charge on any atom is -0.309 e. The molecule has 1 N–H and O–H groups in total. The highest BCUT2D eigenvalue weighted by molar-refractivity contribution is 7.09. The molecule has 1 atom stereocenters. The van der Waals surface area contributed by atoms with Crippen molar-refractivity contribution in [3.05, 3.63) is 51.0 Å². The number of hydrogen-bond donors (Lipinski definition) is 1. The zero-order valence-electron chi connectivity index (χ0n) is 13.0. The van der Waals surface area contributed by atoms with Crippen molar-refractivity contribution in [1.29, 1.82) is 0 Å². The van der Waals surface area contributed by atoms with Gasteiger partial charge in [-0.15, -0.1) is 11.3 Å². The van der Waals surface area contributed by atoms with E-state index < -0.39 is 0 Å². The first-order valence-electron chi connectivity index (χ1n) is 8.02. The summed E-state index contributed by atoms with van der Waals surface area (Å²) in [6, 6.07) is 7.49. The Hall–Kier alpha value is -1.19. The molecule has 3 heteroatoms. The Morgan fingerprint density at radius 2 is 2.14 bits per heavy atom. The predicted molar refractivity (Wildman–Crippen MR) is 90.1 cm³/mol. The van der Waals surface area contributed by atoms with Crippen molar-refractivity contribution >= 4 is 11.3 Å². The summed E-state index contributed by atoms with van der Waals surface area (Å²) in [4.78, 5) is 5.82. The lowest BCUT2D eigenvalue weighted by Gasteiger charge is -2.18. The van der Waals surface area contributed by atoms with Gasteiger partial charge in [-0.1, -0.05) is 25.1 Å². The molecule has 1 unspecified atom stereocenters. The van der Waals surface area contributed by atoms with E-state index >= 15 is 0 Å². The van der Waals surface area contributed by atoms with Crippen LogP contribution in [0, 0.1) is 6.92 Å². The number of nitrogens with zero attached hydrogens (tertiary/aromatic N) is 1. The van der Waals surface area contributed by atoms with E-state index in [4.69, 9.17) is 0 Å². The van der Waals surface area contributed by atoms with E-state index in [1.807, 2.05) is 5.51 Å². The van der Waals surface area contributed by atoms with Crippen molar-refractivity contribution in [3.8, 4) is 0 Å². The summed E-state index contributed by atoms with van der Waals surface area (Å²) >= 11 is 1.78. The average Bonchev–Trinajstić information content (AvgIpc) is 3.11. The molecule has 1 aliphatic rings. The van der Waals surface area contributed by atoms with Gasteiger partial charge in [-0.25, -0.2) is 4.98 Å². The number of fused-ring (bicyclic) bond motifs is 1. The van der Waals surface area contributed by atoms with Gasteiger partial charge in [0.15, 0.2) is 0 Å². The first-order chi connectivity index (χ1) is 10.3. The molecule has 0 saturated carbocycles. The summed E-state index contributed by atoms with van der Waals surface area (Å²) in [7, 11) is 0. The van der Waals surface area contributed by atoms with E-state index in [-0.39, 0.29) is 0 Å². The van der Waals surface area contributed by atoms with Crippen LogP contribution in [0.4, 0.5) is 0 Å². The summed E-state index contributed by atoms with van der Waals surface area (Å²) in [5.41, 5.74) is 7.73. The highest BCUT2D eigenvalue weighted by Crippen LogP contribution is 2.28. The summed E-state index contributed by atoms with van der Waals surface area (Å²) in [5, 5.41) is 3.70. The normalized spacial score (nSPS) is 15.1. The number of rotatable bonds is 6. The number of thiazole rings is 1. The van der Waals surface area contributed by atoms with Crippen molar-refractivity contribution in [2.75, 3.05) is 6.54 Å². The number of nitrogens with one attached hydrogen (secondary N) is 1. The van der Waals surface area contributed by atoms with Crippen LogP contribution in [0.5, 0.6) is 0 Å². The fourth-order valence-corrected chi connectivity index (χ4v) is 4.09. The number of aryl methyl sites for hydroxylation is 3. The third-order valence-electron chi connectivity index (χ3n) is 4.34. The quantitative estimate of drug-likeness (QED) is 0.864. The molecule has 1 aromatic carbocycles. The molecule has 0 radical (unpaired) electrons. The topological polar surface area (TPSA) is 24.9 Å². The van der Waals surface area contributed by atoms with Crippen LogP contribution >= 0.6 is 11.3 Å². The van der Waals surface area contributed by atoms with Crippen LogP contribution in [0.3, 0.4) is 0 Å². The van der Waals surface area contributed by atoms with Crippen LogP contribution < -0.4 is 5.32 Å². The molecule has 0 fully saturated rings. The van der Waals surface area contributed by atoms with Gasteiger partial charge in [0, 0.05) is 10.9 Å². The van der Waals surface area contributed by atoms with Crippen LogP contribution in [0.1, 0.15) is 53.1 Å². The summed E-state index contributed by atoms with van der Waals surface area (Å²) in [6.45, 7) is 5.40. The first kappa shape index (κ1) is 14.7. The Morgan fingerprint density at radius 3 is 2.90 bits per heavy atom. The van der Waals surface area contributed by atoms with E-state index in [9.17, 15) is 0 Å². The van der Waals surface area contributed by atoms with Crippen molar-refractivity contribution in [1.82, 2.24) is 10.3 Å². The highest BCUT2D eigenvalue weighted by atomic mass is 32.1. The Kier molecular flexibility index (Phi) is 4.71. The Labute approximate surface area is 131 Å². The summed E-state index contributed by atoms with van der Waals surface area (Å²) in [6.07, 6.45) is 6.08. The third kappa shape index (κ3) is 3.35. The van der Waals surface area contributed by atoms with E-state index in [1.165, 1.54) is 41.8 Å². The fraction of sp³-hybridized carbons (Fsp3) is 0.500. The second kappa shape index (κ2) is 6.71. The second-order valence-corrected chi connectivity index (χ2v) is 6.86. The number of benzene rings is 1. The smallest absolute Gasteiger partial charge is 0.0798 e. The van der Waals surface area contributed by atoms with Gasteiger partial charge in [0.2, 0.25) is 0 Å². The van der Waals surface area contributed by atoms with Crippen LogP contribution in [0.25, 0.3) is 0 Å². The molecular formula is C18H24N2S. The zero-order valence-corrected chi connectivity index (χ0v) is 13.8. The lowest BCUT2D eigenvalue weighted by molar-refractivity contribution is 0.533. The van der Waals surface area contributed by atoms with Crippen molar-refractivity contribution < 1.29 is 0 Å². The Bertz CT molecular complexity index is 603. The van der Waals surface area contributed by atoms with Gasteiger partial charge in [-0.3, -0.25) is 0 Å². The second-order valence-electron chi connectivity index (χ2n) is 5.97. The molecule has 3 rings (SSSR count). The molecule has 0 saturated heterocycles. The molecule has 112 valence electrons. The van der Waals surface area contributed by atoms with Crippen molar-refractivity contribution in [3.63, 3.8) is 0 Å². The first-order valence-corrected chi connectivity index (χ1v) is 8.90. The largest absolute Gasteiger partial charge is 0.309 e. The van der Waals surface area contributed by atoms with Gasteiger partial charge >= 0.3 is 0 Å².